The van der Waals surface area contributed by atoms with Gasteiger partial charge in [-0.25, -0.2) is 0 Å². The summed E-state index contributed by atoms with van der Waals surface area (Å²) in [4.78, 5) is 11.8. The first kappa shape index (κ1) is 17.7. The number of hydrogen-bond donors (Lipinski definition) is 1. The van der Waals surface area contributed by atoms with Gasteiger partial charge in [-0.2, -0.15) is 5.06 Å². The van der Waals surface area contributed by atoms with Crippen LogP contribution in [0.4, 0.5) is 5.69 Å². The van der Waals surface area contributed by atoms with Gasteiger partial charge in [0.25, 0.3) is 5.91 Å². The van der Waals surface area contributed by atoms with Crippen LogP contribution in [0.2, 0.25) is 0 Å². The molecule has 0 radical (unpaired) electrons. The van der Waals surface area contributed by atoms with E-state index < -0.39 is 0 Å². The van der Waals surface area contributed by atoms with Crippen molar-refractivity contribution < 1.29 is 10.0 Å². The fraction of sp³-hybridized carbons (Fsp3) is 0.611. The molecule has 118 valence electrons. The van der Waals surface area contributed by atoms with E-state index in [1.807, 2.05) is 18.2 Å². The highest BCUT2D eigenvalue weighted by Gasteiger charge is 2.11. The zero-order valence-electron chi connectivity index (χ0n) is 13.3. The van der Waals surface area contributed by atoms with Gasteiger partial charge >= 0.3 is 0 Å². The van der Waals surface area contributed by atoms with E-state index in [1.165, 1.54) is 44.9 Å². The summed E-state index contributed by atoms with van der Waals surface area (Å²) < 4.78 is 0. The lowest BCUT2D eigenvalue weighted by Crippen LogP contribution is -2.26. The summed E-state index contributed by atoms with van der Waals surface area (Å²) in [6.45, 7) is 2.23. The lowest BCUT2D eigenvalue weighted by atomic mass is 10.1. The Morgan fingerprint density at radius 1 is 0.905 bits per heavy atom. The number of carbonyl (C=O) groups excluding carboxylic acids is 1. The smallest absolute Gasteiger partial charge is 0.250 e. The van der Waals surface area contributed by atoms with Gasteiger partial charge in [0.05, 0.1) is 5.69 Å². The van der Waals surface area contributed by atoms with Gasteiger partial charge < -0.3 is 0 Å². The molecule has 0 spiro atoms. The van der Waals surface area contributed by atoms with E-state index in [2.05, 4.69) is 6.92 Å². The molecule has 1 aromatic carbocycles. The van der Waals surface area contributed by atoms with Gasteiger partial charge in [-0.3, -0.25) is 10.0 Å². The van der Waals surface area contributed by atoms with Crippen LogP contribution in [0.3, 0.4) is 0 Å². The first-order chi connectivity index (χ1) is 10.3. The number of unbranched alkanes of at least 4 members (excludes halogenated alkanes) is 8. The van der Waals surface area contributed by atoms with Crippen LogP contribution in [-0.4, -0.2) is 11.1 Å². The third-order valence-electron chi connectivity index (χ3n) is 3.73. The van der Waals surface area contributed by atoms with Crippen LogP contribution in [0, 0.1) is 0 Å². The van der Waals surface area contributed by atoms with Crippen LogP contribution in [0.1, 0.15) is 71.1 Å². The van der Waals surface area contributed by atoms with Crippen molar-refractivity contribution in [3.63, 3.8) is 0 Å². The first-order valence-corrected chi connectivity index (χ1v) is 8.32. The standard InChI is InChI=1S/C18H29NO2/c1-2-3-4-5-6-7-8-9-13-16-18(20)19(21)17-14-11-10-12-15-17/h10-12,14-15,21H,2-9,13,16H2,1H3. The number of amides is 1. The zero-order valence-corrected chi connectivity index (χ0v) is 13.3. The largest absolute Gasteiger partial charge is 0.281 e. The van der Waals surface area contributed by atoms with Crippen LogP contribution in [-0.2, 0) is 4.79 Å². The van der Waals surface area contributed by atoms with Crippen LogP contribution >= 0.6 is 0 Å². The molecule has 0 bridgehead atoms. The maximum Gasteiger partial charge on any atom is 0.250 e. The van der Waals surface area contributed by atoms with Crippen molar-refractivity contribution >= 4 is 11.6 Å². The Hall–Kier alpha value is -1.35. The van der Waals surface area contributed by atoms with E-state index in [0.717, 1.165) is 17.9 Å². The average molecular weight is 291 g/mol. The first-order valence-electron chi connectivity index (χ1n) is 8.32. The highest BCUT2D eigenvalue weighted by Crippen LogP contribution is 2.14. The third kappa shape index (κ3) is 7.86. The summed E-state index contributed by atoms with van der Waals surface area (Å²) in [5.41, 5.74) is 0.540. The molecule has 1 N–H and O–H groups in total. The van der Waals surface area contributed by atoms with Crippen molar-refractivity contribution in [1.82, 2.24) is 0 Å². The number of nitrogens with zero attached hydrogens (tertiary/aromatic N) is 1. The summed E-state index contributed by atoms with van der Waals surface area (Å²) in [6.07, 6.45) is 11.4. The molecule has 3 nitrogen and oxygen atoms in total. The van der Waals surface area contributed by atoms with E-state index in [0.29, 0.717) is 12.1 Å². The third-order valence-corrected chi connectivity index (χ3v) is 3.73. The van der Waals surface area contributed by atoms with E-state index in [1.54, 1.807) is 12.1 Å². The minimum atomic E-state index is -0.218. The fourth-order valence-corrected chi connectivity index (χ4v) is 2.41. The predicted molar refractivity (Wildman–Crippen MR) is 87.6 cm³/mol. The highest BCUT2D eigenvalue weighted by atomic mass is 16.5. The van der Waals surface area contributed by atoms with Gasteiger partial charge in [-0.15, -0.1) is 0 Å². The monoisotopic (exact) mass is 291 g/mol. The predicted octanol–water partition coefficient (Wildman–Crippen LogP) is 5.33. The molecule has 0 heterocycles. The van der Waals surface area contributed by atoms with Gasteiger partial charge in [-0.1, -0.05) is 76.5 Å². The summed E-state index contributed by atoms with van der Waals surface area (Å²) in [7, 11) is 0. The molecule has 21 heavy (non-hydrogen) atoms. The van der Waals surface area contributed by atoms with Gasteiger partial charge in [0.2, 0.25) is 0 Å². The number of rotatable bonds is 11. The Kier molecular flexibility index (Phi) is 9.55. The molecule has 0 fully saturated rings. The molecule has 0 saturated carbocycles. The highest BCUT2D eigenvalue weighted by molar-refractivity contribution is 5.90. The minimum Gasteiger partial charge on any atom is -0.281 e. The molecule has 0 aromatic heterocycles. The molecule has 0 saturated heterocycles. The van der Waals surface area contributed by atoms with Gasteiger partial charge in [-0.05, 0) is 18.6 Å². The zero-order chi connectivity index (χ0) is 15.3. The van der Waals surface area contributed by atoms with Gasteiger partial charge in [0.15, 0.2) is 0 Å². The van der Waals surface area contributed by atoms with Gasteiger partial charge in [0, 0.05) is 6.42 Å². The number of benzene rings is 1. The fourth-order valence-electron chi connectivity index (χ4n) is 2.41. The van der Waals surface area contributed by atoms with Crippen LogP contribution in [0.15, 0.2) is 30.3 Å². The SMILES string of the molecule is CCCCCCCCCCCC(=O)N(O)c1ccccc1. The second-order valence-electron chi connectivity index (χ2n) is 5.62. The maximum absolute atomic E-state index is 11.8. The second kappa shape index (κ2) is 11.3. The van der Waals surface area contributed by atoms with Crippen molar-refractivity contribution in [3.05, 3.63) is 30.3 Å². The average Bonchev–Trinajstić information content (AvgIpc) is 2.53. The lowest BCUT2D eigenvalue weighted by molar-refractivity contribution is -0.123. The Morgan fingerprint density at radius 2 is 1.43 bits per heavy atom. The van der Waals surface area contributed by atoms with Crippen molar-refractivity contribution in [2.24, 2.45) is 0 Å². The van der Waals surface area contributed by atoms with Crippen molar-refractivity contribution in [2.75, 3.05) is 5.06 Å². The van der Waals surface area contributed by atoms with E-state index >= 15 is 0 Å². The quantitative estimate of drug-likeness (QED) is 0.340. The van der Waals surface area contributed by atoms with Crippen LogP contribution in [0.5, 0.6) is 0 Å². The Labute approximate surface area is 128 Å². The molecule has 1 aromatic rings. The summed E-state index contributed by atoms with van der Waals surface area (Å²) in [6, 6.07) is 8.94. The molecule has 0 aliphatic heterocycles. The molecule has 0 unspecified atom stereocenters. The summed E-state index contributed by atoms with van der Waals surface area (Å²) >= 11 is 0. The Bertz CT molecular complexity index is 378. The Morgan fingerprint density at radius 3 is 2.00 bits per heavy atom. The van der Waals surface area contributed by atoms with Crippen molar-refractivity contribution in [3.8, 4) is 0 Å². The molecule has 3 heteroatoms. The summed E-state index contributed by atoms with van der Waals surface area (Å²) in [5, 5.41) is 10.6. The maximum atomic E-state index is 11.8. The van der Waals surface area contributed by atoms with Crippen LogP contribution < -0.4 is 5.06 Å². The topological polar surface area (TPSA) is 40.5 Å². The van der Waals surface area contributed by atoms with E-state index in [9.17, 15) is 10.0 Å². The number of hydroxylamine groups is 1. The lowest BCUT2D eigenvalue weighted by Gasteiger charge is -2.14. The normalized spacial score (nSPS) is 10.6. The number of para-hydroxylation sites is 1. The Balaban J connectivity index is 2.03. The van der Waals surface area contributed by atoms with Crippen molar-refractivity contribution in [2.45, 2.75) is 71.1 Å². The van der Waals surface area contributed by atoms with Gasteiger partial charge in [0.1, 0.15) is 0 Å². The van der Waals surface area contributed by atoms with E-state index in [-0.39, 0.29) is 5.91 Å². The molecular formula is C18H29NO2. The van der Waals surface area contributed by atoms with Crippen LogP contribution in [0.25, 0.3) is 0 Å². The molecule has 1 rings (SSSR count). The minimum absolute atomic E-state index is 0.218. The molecular weight excluding hydrogens is 262 g/mol. The molecule has 1 amide bonds. The van der Waals surface area contributed by atoms with Crippen molar-refractivity contribution in [1.29, 1.82) is 0 Å². The number of hydrogen-bond acceptors (Lipinski definition) is 2. The number of carbonyl (C=O) groups is 1. The molecule has 0 atom stereocenters. The summed E-state index contributed by atoms with van der Waals surface area (Å²) in [5.74, 6) is -0.218. The molecule has 0 aliphatic carbocycles. The van der Waals surface area contributed by atoms with E-state index in [4.69, 9.17) is 0 Å². The molecule has 0 aliphatic rings. The second-order valence-corrected chi connectivity index (χ2v) is 5.62. The number of anilines is 1.